The first-order chi connectivity index (χ1) is 9.74. The van der Waals surface area contributed by atoms with Crippen LogP contribution in [0.4, 0.5) is 0 Å². The maximum Gasteiger partial charge on any atom is 0.289 e. The summed E-state index contributed by atoms with van der Waals surface area (Å²) < 4.78 is 11.4. The molecule has 2 aromatic rings. The highest BCUT2D eigenvalue weighted by atomic mass is 79.9. The molecule has 20 heavy (non-hydrogen) atoms. The number of furan rings is 2. The van der Waals surface area contributed by atoms with Crippen LogP contribution < -0.4 is 0 Å². The van der Waals surface area contributed by atoms with Gasteiger partial charge in [0.1, 0.15) is 5.76 Å². The Morgan fingerprint density at radius 2 is 2.25 bits per heavy atom. The van der Waals surface area contributed by atoms with Crippen molar-refractivity contribution in [3.05, 3.63) is 46.7 Å². The second kappa shape index (κ2) is 6.10. The first-order valence-corrected chi connectivity index (χ1v) is 8.28. The molecular weight excluding hydrogens is 342 g/mol. The molecule has 0 aliphatic carbocycles. The molecule has 0 bridgehead atoms. The van der Waals surface area contributed by atoms with Crippen molar-refractivity contribution >= 4 is 33.6 Å². The van der Waals surface area contributed by atoms with E-state index in [0.29, 0.717) is 15.7 Å². The fourth-order valence-corrected chi connectivity index (χ4v) is 3.75. The van der Waals surface area contributed by atoms with E-state index < -0.39 is 0 Å². The largest absolute Gasteiger partial charge is 0.468 e. The minimum atomic E-state index is -0.0450. The van der Waals surface area contributed by atoms with E-state index in [1.807, 2.05) is 28.8 Å². The predicted molar refractivity (Wildman–Crippen MR) is 80.8 cm³/mol. The summed E-state index contributed by atoms with van der Waals surface area (Å²) in [5.41, 5.74) is 0. The number of thioether (sulfide) groups is 1. The number of amides is 1. The molecule has 6 heteroatoms. The molecule has 1 atom stereocenters. The molecule has 1 amide bonds. The second-order valence-electron chi connectivity index (χ2n) is 4.56. The van der Waals surface area contributed by atoms with Crippen LogP contribution in [0.3, 0.4) is 0 Å². The van der Waals surface area contributed by atoms with E-state index in [9.17, 15) is 4.79 Å². The van der Waals surface area contributed by atoms with Crippen LogP contribution >= 0.6 is 27.7 Å². The lowest BCUT2D eigenvalue weighted by Crippen LogP contribution is -2.32. The minimum Gasteiger partial charge on any atom is -0.468 e. The average molecular weight is 356 g/mol. The van der Waals surface area contributed by atoms with Crippen molar-refractivity contribution in [3.63, 3.8) is 0 Å². The highest BCUT2D eigenvalue weighted by Crippen LogP contribution is 2.34. The Bertz CT molecular complexity index is 581. The van der Waals surface area contributed by atoms with Crippen LogP contribution in [0.25, 0.3) is 0 Å². The fourth-order valence-electron chi connectivity index (χ4n) is 2.26. The van der Waals surface area contributed by atoms with Crippen LogP contribution in [0.5, 0.6) is 0 Å². The molecule has 0 spiro atoms. The molecule has 1 aliphatic heterocycles. The molecule has 0 saturated carbocycles. The standard InChI is InChI=1S/C14H14BrNO3S/c15-13-4-3-11(19-13)14(17)16-6-5-12(20-9-7-16)10-2-1-8-18-10/h1-4,8,12H,5-7,9H2. The molecule has 106 valence electrons. The lowest BCUT2D eigenvalue weighted by molar-refractivity contribution is 0.0732. The highest BCUT2D eigenvalue weighted by Gasteiger charge is 2.25. The summed E-state index contributed by atoms with van der Waals surface area (Å²) in [6, 6.07) is 7.35. The van der Waals surface area contributed by atoms with E-state index >= 15 is 0 Å². The Morgan fingerprint density at radius 1 is 1.35 bits per heavy atom. The van der Waals surface area contributed by atoms with Crippen LogP contribution in [0, 0.1) is 0 Å². The van der Waals surface area contributed by atoms with Crippen LogP contribution in [0.1, 0.15) is 28.0 Å². The van der Waals surface area contributed by atoms with Gasteiger partial charge in [0.2, 0.25) is 0 Å². The Morgan fingerprint density at radius 3 is 2.95 bits per heavy atom. The normalized spacial score (nSPS) is 19.9. The third kappa shape index (κ3) is 2.96. The Kier molecular flexibility index (Phi) is 4.21. The van der Waals surface area contributed by atoms with Gasteiger partial charge in [-0.25, -0.2) is 0 Å². The number of carbonyl (C=O) groups is 1. The van der Waals surface area contributed by atoms with E-state index in [1.165, 1.54) is 0 Å². The first kappa shape index (κ1) is 13.8. The van der Waals surface area contributed by atoms with E-state index in [4.69, 9.17) is 8.83 Å². The van der Waals surface area contributed by atoms with Gasteiger partial charge in [-0.1, -0.05) is 0 Å². The van der Waals surface area contributed by atoms with Gasteiger partial charge in [-0.05, 0) is 46.6 Å². The second-order valence-corrected chi connectivity index (χ2v) is 6.65. The molecule has 0 N–H and O–H groups in total. The first-order valence-electron chi connectivity index (χ1n) is 6.43. The van der Waals surface area contributed by atoms with Gasteiger partial charge in [-0.15, -0.1) is 11.8 Å². The van der Waals surface area contributed by atoms with Crippen molar-refractivity contribution in [1.29, 1.82) is 0 Å². The lowest BCUT2D eigenvalue weighted by atomic mass is 10.2. The van der Waals surface area contributed by atoms with Gasteiger partial charge in [0.15, 0.2) is 10.4 Å². The number of nitrogens with zero attached hydrogens (tertiary/aromatic N) is 1. The highest BCUT2D eigenvalue weighted by molar-refractivity contribution is 9.10. The van der Waals surface area contributed by atoms with Gasteiger partial charge < -0.3 is 13.7 Å². The van der Waals surface area contributed by atoms with Crippen LogP contribution in [-0.2, 0) is 0 Å². The zero-order chi connectivity index (χ0) is 13.9. The number of hydrogen-bond donors (Lipinski definition) is 0. The van der Waals surface area contributed by atoms with Crippen molar-refractivity contribution in [2.75, 3.05) is 18.8 Å². The third-order valence-electron chi connectivity index (χ3n) is 3.27. The molecule has 3 heterocycles. The molecule has 1 fully saturated rings. The van der Waals surface area contributed by atoms with E-state index in [-0.39, 0.29) is 5.91 Å². The smallest absolute Gasteiger partial charge is 0.289 e. The molecule has 4 nitrogen and oxygen atoms in total. The van der Waals surface area contributed by atoms with E-state index in [1.54, 1.807) is 18.4 Å². The molecule has 2 aromatic heterocycles. The third-order valence-corrected chi connectivity index (χ3v) is 4.99. The van der Waals surface area contributed by atoms with Crippen molar-refractivity contribution in [2.45, 2.75) is 11.7 Å². The average Bonchev–Trinajstić information content (AvgIpc) is 3.05. The molecule has 1 unspecified atom stereocenters. The molecule has 3 rings (SSSR count). The number of hydrogen-bond acceptors (Lipinski definition) is 4. The van der Waals surface area contributed by atoms with Crippen molar-refractivity contribution in [1.82, 2.24) is 4.90 Å². The zero-order valence-corrected chi connectivity index (χ0v) is 13.2. The monoisotopic (exact) mass is 355 g/mol. The summed E-state index contributed by atoms with van der Waals surface area (Å²) in [6.45, 7) is 1.45. The zero-order valence-electron chi connectivity index (χ0n) is 10.8. The van der Waals surface area contributed by atoms with Gasteiger partial charge >= 0.3 is 0 Å². The van der Waals surface area contributed by atoms with Crippen LogP contribution in [0.15, 0.2) is 44.0 Å². The van der Waals surface area contributed by atoms with Gasteiger partial charge in [-0.3, -0.25) is 4.79 Å². The lowest BCUT2D eigenvalue weighted by Gasteiger charge is -2.18. The quantitative estimate of drug-likeness (QED) is 0.817. The van der Waals surface area contributed by atoms with Gasteiger partial charge in [-0.2, -0.15) is 0 Å². The topological polar surface area (TPSA) is 46.6 Å². The number of carbonyl (C=O) groups excluding carboxylic acids is 1. The Balaban J connectivity index is 1.66. The maximum atomic E-state index is 12.3. The molecule has 0 radical (unpaired) electrons. The summed E-state index contributed by atoms with van der Waals surface area (Å²) in [4.78, 5) is 14.2. The fraction of sp³-hybridized carbons (Fsp3) is 0.357. The molecule has 1 saturated heterocycles. The molecule has 0 aromatic carbocycles. The summed E-state index contributed by atoms with van der Waals surface area (Å²) in [6.07, 6.45) is 2.59. The van der Waals surface area contributed by atoms with Gasteiger partial charge in [0, 0.05) is 18.8 Å². The summed E-state index contributed by atoms with van der Waals surface area (Å²) in [7, 11) is 0. The van der Waals surface area contributed by atoms with E-state index in [0.717, 1.165) is 31.0 Å². The van der Waals surface area contributed by atoms with Crippen LogP contribution in [0.2, 0.25) is 0 Å². The van der Waals surface area contributed by atoms with Gasteiger partial charge in [0.05, 0.1) is 11.5 Å². The minimum absolute atomic E-state index is 0.0450. The summed E-state index contributed by atoms with van der Waals surface area (Å²) in [5, 5.41) is 0.325. The molecule has 1 aliphatic rings. The van der Waals surface area contributed by atoms with Crippen molar-refractivity contribution in [2.24, 2.45) is 0 Å². The number of rotatable bonds is 2. The van der Waals surface area contributed by atoms with E-state index in [2.05, 4.69) is 15.9 Å². The summed E-state index contributed by atoms with van der Waals surface area (Å²) >= 11 is 5.06. The van der Waals surface area contributed by atoms with Crippen LogP contribution in [-0.4, -0.2) is 29.6 Å². The maximum absolute atomic E-state index is 12.3. The molecular formula is C14H14BrNO3S. The number of halogens is 1. The van der Waals surface area contributed by atoms with Gasteiger partial charge in [0.25, 0.3) is 5.91 Å². The van der Waals surface area contributed by atoms with Crippen molar-refractivity contribution < 1.29 is 13.6 Å². The SMILES string of the molecule is O=C(c1ccc(Br)o1)N1CCSC(c2ccco2)CC1. The van der Waals surface area contributed by atoms with Crippen molar-refractivity contribution in [3.8, 4) is 0 Å². The predicted octanol–water partition coefficient (Wildman–Crippen LogP) is 3.96. The Hall–Kier alpha value is -1.14. The Labute approximate surface area is 129 Å². The summed E-state index contributed by atoms with van der Waals surface area (Å²) in [5.74, 6) is 2.23.